The fourth-order valence-corrected chi connectivity index (χ4v) is 1.63. The summed E-state index contributed by atoms with van der Waals surface area (Å²) >= 11 is 0. The number of halogens is 1. The van der Waals surface area contributed by atoms with Crippen molar-refractivity contribution < 1.29 is 13.9 Å². The van der Waals surface area contributed by atoms with Crippen molar-refractivity contribution in [1.82, 2.24) is 5.32 Å². The topological polar surface area (TPSA) is 30.5 Å². The Morgan fingerprint density at radius 1 is 1.28 bits per heavy atom. The molecule has 3 nitrogen and oxygen atoms in total. The number of benzene rings is 1. The lowest BCUT2D eigenvalue weighted by atomic mass is 10.1. The van der Waals surface area contributed by atoms with Gasteiger partial charge < -0.3 is 14.8 Å². The SMILES string of the molecule is COc1cc(C(C)NCCOC(C)C)ccc1F. The highest BCUT2D eigenvalue weighted by atomic mass is 19.1. The van der Waals surface area contributed by atoms with Gasteiger partial charge in [0.05, 0.1) is 19.8 Å². The van der Waals surface area contributed by atoms with E-state index in [1.165, 1.54) is 13.2 Å². The Morgan fingerprint density at radius 2 is 2.00 bits per heavy atom. The molecule has 0 spiro atoms. The van der Waals surface area contributed by atoms with Crippen LogP contribution in [0.25, 0.3) is 0 Å². The summed E-state index contributed by atoms with van der Waals surface area (Å²) in [4.78, 5) is 0. The van der Waals surface area contributed by atoms with Gasteiger partial charge in [-0.2, -0.15) is 0 Å². The molecule has 1 aromatic carbocycles. The number of ether oxygens (including phenoxy) is 2. The van der Waals surface area contributed by atoms with Gasteiger partial charge in [0.15, 0.2) is 11.6 Å². The second-order valence-electron chi connectivity index (χ2n) is 4.49. The van der Waals surface area contributed by atoms with Crippen LogP contribution in [0.1, 0.15) is 32.4 Å². The molecule has 0 aliphatic heterocycles. The van der Waals surface area contributed by atoms with Crippen molar-refractivity contribution in [2.24, 2.45) is 0 Å². The Hall–Kier alpha value is -1.13. The minimum absolute atomic E-state index is 0.135. The Balaban J connectivity index is 2.48. The molecule has 0 aliphatic carbocycles. The molecular weight excluding hydrogens is 233 g/mol. The Labute approximate surface area is 108 Å². The molecule has 0 saturated heterocycles. The van der Waals surface area contributed by atoms with Gasteiger partial charge in [-0.3, -0.25) is 0 Å². The summed E-state index contributed by atoms with van der Waals surface area (Å²) in [5.74, 6) is -0.0591. The largest absolute Gasteiger partial charge is 0.494 e. The third-order valence-corrected chi connectivity index (χ3v) is 2.68. The first-order valence-electron chi connectivity index (χ1n) is 6.23. The third kappa shape index (κ3) is 4.63. The van der Waals surface area contributed by atoms with E-state index in [9.17, 15) is 4.39 Å². The number of hydrogen-bond donors (Lipinski definition) is 1. The van der Waals surface area contributed by atoms with E-state index in [1.807, 2.05) is 20.8 Å². The lowest BCUT2D eigenvalue weighted by Crippen LogP contribution is -2.24. The first-order valence-corrected chi connectivity index (χ1v) is 6.23. The van der Waals surface area contributed by atoms with Crippen molar-refractivity contribution in [2.45, 2.75) is 32.9 Å². The Morgan fingerprint density at radius 3 is 2.61 bits per heavy atom. The van der Waals surface area contributed by atoms with E-state index >= 15 is 0 Å². The van der Waals surface area contributed by atoms with Gasteiger partial charge in [0.1, 0.15) is 0 Å². The monoisotopic (exact) mass is 255 g/mol. The molecule has 0 aromatic heterocycles. The molecule has 0 amide bonds. The van der Waals surface area contributed by atoms with Crippen molar-refractivity contribution in [3.05, 3.63) is 29.6 Å². The summed E-state index contributed by atoms with van der Waals surface area (Å²) < 4.78 is 23.7. The summed E-state index contributed by atoms with van der Waals surface area (Å²) in [6.07, 6.45) is 0.244. The van der Waals surface area contributed by atoms with Crippen LogP contribution in [0.5, 0.6) is 5.75 Å². The number of hydrogen-bond acceptors (Lipinski definition) is 3. The highest BCUT2D eigenvalue weighted by Gasteiger charge is 2.09. The normalized spacial score (nSPS) is 12.8. The summed E-state index contributed by atoms with van der Waals surface area (Å²) in [6, 6.07) is 5.04. The fourth-order valence-electron chi connectivity index (χ4n) is 1.63. The molecule has 0 saturated carbocycles. The smallest absolute Gasteiger partial charge is 0.165 e. The fraction of sp³-hybridized carbons (Fsp3) is 0.571. The van der Waals surface area contributed by atoms with Crippen LogP contribution in [-0.4, -0.2) is 26.4 Å². The van der Waals surface area contributed by atoms with E-state index in [0.29, 0.717) is 6.61 Å². The maximum Gasteiger partial charge on any atom is 0.165 e. The lowest BCUT2D eigenvalue weighted by Gasteiger charge is -2.16. The zero-order valence-electron chi connectivity index (χ0n) is 11.5. The van der Waals surface area contributed by atoms with Crippen LogP contribution < -0.4 is 10.1 Å². The van der Waals surface area contributed by atoms with Gasteiger partial charge >= 0.3 is 0 Å². The molecule has 0 aliphatic rings. The van der Waals surface area contributed by atoms with Gasteiger partial charge in [0, 0.05) is 12.6 Å². The average molecular weight is 255 g/mol. The van der Waals surface area contributed by atoms with E-state index in [0.717, 1.165) is 12.1 Å². The quantitative estimate of drug-likeness (QED) is 0.760. The van der Waals surface area contributed by atoms with E-state index in [2.05, 4.69) is 5.32 Å². The second kappa shape index (κ2) is 7.34. The molecule has 1 N–H and O–H groups in total. The molecule has 0 bridgehead atoms. The molecule has 1 aromatic rings. The maximum atomic E-state index is 13.3. The van der Waals surface area contributed by atoms with Crippen LogP contribution in [0.3, 0.4) is 0 Å². The van der Waals surface area contributed by atoms with Crippen molar-refractivity contribution in [1.29, 1.82) is 0 Å². The van der Waals surface area contributed by atoms with Gasteiger partial charge in [-0.15, -0.1) is 0 Å². The Kier molecular flexibility index (Phi) is 6.09. The second-order valence-corrected chi connectivity index (χ2v) is 4.49. The highest BCUT2D eigenvalue weighted by molar-refractivity contribution is 5.31. The van der Waals surface area contributed by atoms with Crippen LogP contribution in [0.2, 0.25) is 0 Å². The first kappa shape index (κ1) is 14.9. The zero-order valence-corrected chi connectivity index (χ0v) is 11.5. The van der Waals surface area contributed by atoms with Crippen LogP contribution in [-0.2, 0) is 4.74 Å². The van der Waals surface area contributed by atoms with Gasteiger partial charge in [-0.05, 0) is 38.5 Å². The molecule has 1 unspecified atom stereocenters. The van der Waals surface area contributed by atoms with E-state index in [4.69, 9.17) is 9.47 Å². The molecule has 0 fully saturated rings. The Bertz CT molecular complexity index is 369. The summed E-state index contributed by atoms with van der Waals surface area (Å²) in [5, 5.41) is 3.32. The van der Waals surface area contributed by atoms with Gasteiger partial charge in [0.25, 0.3) is 0 Å². The molecule has 4 heteroatoms. The zero-order chi connectivity index (χ0) is 13.5. The van der Waals surface area contributed by atoms with Crippen LogP contribution in [0.15, 0.2) is 18.2 Å². The summed E-state index contributed by atoms with van der Waals surface area (Å²) in [7, 11) is 1.47. The minimum atomic E-state index is -0.336. The van der Waals surface area contributed by atoms with Gasteiger partial charge in [-0.25, -0.2) is 4.39 Å². The molecule has 0 radical (unpaired) electrons. The standard InChI is InChI=1S/C14H22FNO2/c1-10(2)18-8-7-16-11(3)12-5-6-13(15)14(9-12)17-4/h5-6,9-11,16H,7-8H2,1-4H3. The molecule has 1 rings (SSSR count). The number of methoxy groups -OCH3 is 1. The molecule has 0 heterocycles. The van der Waals surface area contributed by atoms with E-state index < -0.39 is 0 Å². The molecule has 18 heavy (non-hydrogen) atoms. The van der Waals surface area contributed by atoms with Gasteiger partial charge in [0.2, 0.25) is 0 Å². The highest BCUT2D eigenvalue weighted by Crippen LogP contribution is 2.22. The van der Waals surface area contributed by atoms with Crippen LogP contribution in [0.4, 0.5) is 4.39 Å². The number of rotatable bonds is 7. The van der Waals surface area contributed by atoms with Crippen molar-refractivity contribution in [2.75, 3.05) is 20.3 Å². The van der Waals surface area contributed by atoms with E-state index in [-0.39, 0.29) is 23.7 Å². The van der Waals surface area contributed by atoms with E-state index in [1.54, 1.807) is 12.1 Å². The number of nitrogens with one attached hydrogen (secondary N) is 1. The van der Waals surface area contributed by atoms with Gasteiger partial charge in [-0.1, -0.05) is 6.07 Å². The predicted octanol–water partition coefficient (Wildman–Crippen LogP) is 2.91. The van der Waals surface area contributed by atoms with Crippen molar-refractivity contribution in [3.8, 4) is 5.75 Å². The summed E-state index contributed by atoms with van der Waals surface area (Å²) in [5.41, 5.74) is 0.998. The lowest BCUT2D eigenvalue weighted by molar-refractivity contribution is 0.0796. The summed E-state index contributed by atoms with van der Waals surface area (Å²) in [6.45, 7) is 7.48. The molecule has 102 valence electrons. The van der Waals surface area contributed by atoms with Crippen molar-refractivity contribution >= 4 is 0 Å². The average Bonchev–Trinajstić information content (AvgIpc) is 2.34. The predicted molar refractivity (Wildman–Crippen MR) is 70.5 cm³/mol. The van der Waals surface area contributed by atoms with Crippen molar-refractivity contribution in [3.63, 3.8) is 0 Å². The third-order valence-electron chi connectivity index (χ3n) is 2.68. The first-order chi connectivity index (χ1) is 8.54. The van der Waals surface area contributed by atoms with Crippen LogP contribution in [0, 0.1) is 5.82 Å². The molecular formula is C14H22FNO2. The van der Waals surface area contributed by atoms with Crippen LogP contribution >= 0.6 is 0 Å². The maximum absolute atomic E-state index is 13.3. The molecule has 1 atom stereocenters. The minimum Gasteiger partial charge on any atom is -0.494 e.